The highest BCUT2D eigenvalue weighted by atomic mass is 35.5. The fourth-order valence-corrected chi connectivity index (χ4v) is 2.31. The van der Waals surface area contributed by atoms with Crippen molar-refractivity contribution >= 4 is 38.8 Å². The van der Waals surface area contributed by atoms with E-state index in [9.17, 15) is 8.42 Å². The molecule has 9 heteroatoms. The van der Waals surface area contributed by atoms with Gasteiger partial charge in [0.15, 0.2) is 11.6 Å². The average molecular weight is 329 g/mol. The van der Waals surface area contributed by atoms with E-state index in [1.807, 2.05) is 0 Å². The molecule has 0 aliphatic heterocycles. The minimum absolute atomic E-state index is 0.0480. The molecule has 0 aliphatic carbocycles. The fraction of sp³-hybridized carbons (Fsp3) is 0.167. The summed E-state index contributed by atoms with van der Waals surface area (Å²) in [5.41, 5.74) is 0.896. The van der Waals surface area contributed by atoms with Gasteiger partial charge in [0.1, 0.15) is 0 Å². The molecule has 1 heterocycles. The normalized spacial score (nSPS) is 11.0. The summed E-state index contributed by atoms with van der Waals surface area (Å²) in [7, 11) is -1.93. The Morgan fingerprint density at radius 2 is 1.90 bits per heavy atom. The van der Waals surface area contributed by atoms with Crippen molar-refractivity contribution in [2.24, 2.45) is 0 Å². The minimum atomic E-state index is -3.40. The van der Waals surface area contributed by atoms with Gasteiger partial charge in [-0.15, -0.1) is 0 Å². The molecule has 2 rings (SSSR count). The molecule has 1 aromatic heterocycles. The third-order valence-electron chi connectivity index (χ3n) is 2.42. The number of ether oxygens (including phenoxy) is 1. The van der Waals surface area contributed by atoms with Crippen molar-refractivity contribution in [2.75, 3.05) is 23.4 Å². The first kappa shape index (κ1) is 15.3. The Hall–Kier alpha value is -2.06. The maximum atomic E-state index is 11.4. The van der Waals surface area contributed by atoms with Crippen LogP contribution < -0.4 is 14.8 Å². The van der Waals surface area contributed by atoms with Crippen LogP contribution in [-0.4, -0.2) is 31.8 Å². The van der Waals surface area contributed by atoms with Crippen molar-refractivity contribution in [3.63, 3.8) is 0 Å². The molecule has 0 unspecified atom stereocenters. The zero-order valence-corrected chi connectivity index (χ0v) is 12.9. The number of hydrogen-bond acceptors (Lipinski definition) is 6. The highest BCUT2D eigenvalue weighted by molar-refractivity contribution is 7.92. The number of halogens is 1. The predicted octanol–water partition coefficient (Wildman–Crippen LogP) is 2.25. The smallest absolute Gasteiger partial charge is 0.229 e. The van der Waals surface area contributed by atoms with E-state index in [0.29, 0.717) is 22.9 Å². The van der Waals surface area contributed by atoms with Crippen LogP contribution in [0.2, 0.25) is 5.28 Å². The van der Waals surface area contributed by atoms with Crippen molar-refractivity contribution < 1.29 is 13.2 Å². The lowest BCUT2D eigenvalue weighted by Crippen LogP contribution is -2.11. The van der Waals surface area contributed by atoms with Crippen LogP contribution in [0, 0.1) is 0 Å². The van der Waals surface area contributed by atoms with Gasteiger partial charge in [-0.3, -0.25) is 4.72 Å². The van der Waals surface area contributed by atoms with Crippen LogP contribution in [0.1, 0.15) is 0 Å². The van der Waals surface area contributed by atoms with E-state index >= 15 is 0 Å². The summed E-state index contributed by atoms with van der Waals surface area (Å²) < 4.78 is 30.3. The van der Waals surface area contributed by atoms with E-state index in [2.05, 4.69) is 20.0 Å². The predicted molar refractivity (Wildman–Crippen MR) is 81.8 cm³/mol. The van der Waals surface area contributed by atoms with Crippen molar-refractivity contribution in [3.8, 4) is 5.75 Å². The molecule has 7 nitrogen and oxygen atoms in total. The van der Waals surface area contributed by atoms with Gasteiger partial charge >= 0.3 is 0 Å². The quantitative estimate of drug-likeness (QED) is 0.818. The van der Waals surface area contributed by atoms with Crippen LogP contribution >= 0.6 is 11.6 Å². The Bertz CT molecular complexity index is 752. The van der Waals surface area contributed by atoms with Crippen LogP contribution in [-0.2, 0) is 10.0 Å². The highest BCUT2D eigenvalue weighted by Crippen LogP contribution is 2.30. The van der Waals surface area contributed by atoms with Gasteiger partial charge in [0.05, 0.1) is 30.9 Å². The number of nitrogens with zero attached hydrogens (tertiary/aromatic N) is 2. The summed E-state index contributed by atoms with van der Waals surface area (Å²) in [4.78, 5) is 7.83. The van der Waals surface area contributed by atoms with Gasteiger partial charge in [0.25, 0.3) is 0 Å². The molecule has 2 N–H and O–H groups in total. The molecule has 0 atom stereocenters. The maximum Gasteiger partial charge on any atom is 0.229 e. The first-order chi connectivity index (χ1) is 9.89. The van der Waals surface area contributed by atoms with E-state index in [1.165, 1.54) is 13.3 Å². The molecular weight excluding hydrogens is 316 g/mol. The highest BCUT2D eigenvalue weighted by Gasteiger charge is 2.11. The maximum absolute atomic E-state index is 11.4. The molecule has 1 aromatic carbocycles. The van der Waals surface area contributed by atoms with Crippen LogP contribution in [0.4, 0.5) is 17.2 Å². The van der Waals surface area contributed by atoms with Crippen molar-refractivity contribution in [1.82, 2.24) is 9.97 Å². The molecule has 0 amide bonds. The van der Waals surface area contributed by atoms with Crippen LogP contribution in [0.3, 0.4) is 0 Å². The van der Waals surface area contributed by atoms with Crippen molar-refractivity contribution in [1.29, 1.82) is 0 Å². The Labute approximate surface area is 127 Å². The number of methoxy groups -OCH3 is 1. The molecule has 0 bridgehead atoms. The summed E-state index contributed by atoms with van der Waals surface area (Å²) in [6.07, 6.45) is 2.50. The lowest BCUT2D eigenvalue weighted by atomic mass is 10.2. The summed E-state index contributed by atoms with van der Waals surface area (Å²) >= 11 is 5.76. The average Bonchev–Trinajstić information content (AvgIpc) is 2.40. The van der Waals surface area contributed by atoms with Crippen LogP contribution in [0.5, 0.6) is 5.75 Å². The first-order valence-electron chi connectivity index (χ1n) is 5.79. The van der Waals surface area contributed by atoms with Crippen molar-refractivity contribution in [3.05, 3.63) is 35.7 Å². The van der Waals surface area contributed by atoms with E-state index in [-0.39, 0.29) is 5.28 Å². The zero-order valence-electron chi connectivity index (χ0n) is 11.3. The molecule has 21 heavy (non-hydrogen) atoms. The van der Waals surface area contributed by atoms with Crippen LogP contribution in [0.15, 0.2) is 30.5 Å². The Balaban J connectivity index is 2.38. The summed E-state index contributed by atoms with van der Waals surface area (Å²) in [6, 6.07) is 6.79. The second kappa shape index (κ2) is 6.15. The molecule has 0 spiro atoms. The standard InChI is InChI=1S/C12H13ClN4O3S/c1-20-10-7-14-12(13)16-11(10)15-8-5-3-4-6-9(8)17-21(2,18)19/h3-7,17H,1-2H3,(H,14,15,16). The molecule has 0 saturated heterocycles. The third-order valence-corrected chi connectivity index (χ3v) is 3.19. The number of benzene rings is 1. The van der Waals surface area contributed by atoms with E-state index in [1.54, 1.807) is 24.3 Å². The molecule has 0 aliphatic rings. The van der Waals surface area contributed by atoms with Crippen LogP contribution in [0.25, 0.3) is 0 Å². The van der Waals surface area contributed by atoms with E-state index < -0.39 is 10.0 Å². The number of anilines is 3. The Morgan fingerprint density at radius 1 is 1.24 bits per heavy atom. The fourth-order valence-electron chi connectivity index (χ4n) is 1.60. The van der Waals surface area contributed by atoms with Gasteiger partial charge < -0.3 is 10.1 Å². The zero-order chi connectivity index (χ0) is 15.5. The summed E-state index contributed by atoms with van der Waals surface area (Å²) in [5.74, 6) is 0.716. The van der Waals surface area contributed by atoms with Gasteiger partial charge in [-0.05, 0) is 23.7 Å². The van der Waals surface area contributed by atoms with Gasteiger partial charge in [-0.2, -0.15) is 4.98 Å². The van der Waals surface area contributed by atoms with Gasteiger partial charge in [0, 0.05) is 0 Å². The van der Waals surface area contributed by atoms with Gasteiger partial charge in [0.2, 0.25) is 15.3 Å². The summed E-state index contributed by atoms with van der Waals surface area (Å²) in [6.45, 7) is 0. The number of rotatable bonds is 5. The topological polar surface area (TPSA) is 93.2 Å². The van der Waals surface area contributed by atoms with Gasteiger partial charge in [-0.1, -0.05) is 12.1 Å². The van der Waals surface area contributed by atoms with E-state index in [0.717, 1.165) is 6.26 Å². The Kier molecular flexibility index (Phi) is 4.49. The molecule has 0 fully saturated rings. The number of sulfonamides is 1. The number of nitrogens with one attached hydrogen (secondary N) is 2. The first-order valence-corrected chi connectivity index (χ1v) is 8.06. The molecular formula is C12H13ClN4O3S. The molecule has 112 valence electrons. The molecule has 0 saturated carbocycles. The lowest BCUT2D eigenvalue weighted by Gasteiger charge is -2.14. The molecule has 0 radical (unpaired) electrons. The SMILES string of the molecule is COc1cnc(Cl)nc1Nc1ccccc1NS(C)(=O)=O. The lowest BCUT2D eigenvalue weighted by molar-refractivity contribution is 0.413. The second-order valence-corrected chi connectivity index (χ2v) is 6.19. The Morgan fingerprint density at radius 3 is 2.52 bits per heavy atom. The minimum Gasteiger partial charge on any atom is -0.491 e. The van der Waals surface area contributed by atoms with E-state index in [4.69, 9.17) is 16.3 Å². The molecule has 2 aromatic rings. The number of aromatic nitrogens is 2. The van der Waals surface area contributed by atoms with Crippen molar-refractivity contribution in [2.45, 2.75) is 0 Å². The number of para-hydroxylation sites is 2. The monoisotopic (exact) mass is 328 g/mol. The summed E-state index contributed by atoms with van der Waals surface area (Å²) in [5, 5.41) is 3.02. The largest absolute Gasteiger partial charge is 0.491 e. The number of hydrogen-bond donors (Lipinski definition) is 2. The second-order valence-electron chi connectivity index (χ2n) is 4.10. The van der Waals surface area contributed by atoms with Gasteiger partial charge in [-0.25, -0.2) is 13.4 Å². The third kappa shape index (κ3) is 4.20.